The predicted molar refractivity (Wildman–Crippen MR) is 90.5 cm³/mol. The first-order chi connectivity index (χ1) is 9.50. The molecule has 2 heterocycles. The fraction of sp³-hybridized carbons (Fsp3) is 0.250. The van der Waals surface area contributed by atoms with E-state index in [2.05, 4.69) is 75.5 Å². The van der Waals surface area contributed by atoms with Gasteiger partial charge in [-0.1, -0.05) is 0 Å². The molecule has 0 N–H and O–H groups in total. The van der Waals surface area contributed by atoms with Crippen LogP contribution in [0.15, 0.2) is 24.3 Å². The van der Waals surface area contributed by atoms with E-state index < -0.39 is 0 Å². The number of fused-ring (bicyclic) bond motifs is 1. The van der Waals surface area contributed by atoms with E-state index in [1.54, 1.807) is 0 Å². The number of nitrogens with zero attached hydrogens (tertiary/aromatic N) is 3. The van der Waals surface area contributed by atoms with E-state index in [-0.39, 0.29) is 0 Å². The highest BCUT2D eigenvalue weighted by atomic mass is 127. The molecular formula is C16H16IN3. The molecule has 3 nitrogen and oxygen atoms in total. The van der Waals surface area contributed by atoms with Crippen LogP contribution in [0.1, 0.15) is 22.8 Å². The molecule has 0 aliphatic rings. The van der Waals surface area contributed by atoms with Gasteiger partial charge < -0.3 is 4.57 Å². The van der Waals surface area contributed by atoms with Crippen LogP contribution in [0.3, 0.4) is 0 Å². The number of rotatable bonds is 1. The molecule has 0 unspecified atom stereocenters. The van der Waals surface area contributed by atoms with Crippen molar-refractivity contribution >= 4 is 33.4 Å². The third kappa shape index (κ3) is 1.93. The van der Waals surface area contributed by atoms with Gasteiger partial charge in [-0.05, 0) is 74.6 Å². The molecule has 0 aliphatic heterocycles. The summed E-state index contributed by atoms with van der Waals surface area (Å²) >= 11 is 2.33. The molecule has 0 atom stereocenters. The van der Waals surface area contributed by atoms with Crippen LogP contribution >= 0.6 is 22.6 Å². The van der Waals surface area contributed by atoms with Crippen LogP contribution in [-0.2, 0) is 0 Å². The van der Waals surface area contributed by atoms with Gasteiger partial charge in [0.1, 0.15) is 0 Å². The third-order valence-electron chi connectivity index (χ3n) is 3.80. The molecule has 1 aromatic carbocycles. The lowest BCUT2D eigenvalue weighted by Crippen LogP contribution is -1.98. The number of aromatic nitrogens is 3. The molecule has 3 rings (SSSR count). The molecule has 0 bridgehead atoms. The van der Waals surface area contributed by atoms with Crippen molar-refractivity contribution in [3.63, 3.8) is 0 Å². The summed E-state index contributed by atoms with van der Waals surface area (Å²) in [6.07, 6.45) is 0. The van der Waals surface area contributed by atoms with Gasteiger partial charge in [0.2, 0.25) is 0 Å². The maximum absolute atomic E-state index is 4.27. The average molecular weight is 377 g/mol. The standard InChI is InChI=1S/C16H16IN3/c1-9-15-11(3)20(14-7-5-13(17)6-8-14)12(4)16(15)10(2)19-18-9/h5-8H,1-4H3. The van der Waals surface area contributed by atoms with Gasteiger partial charge in [-0.15, -0.1) is 0 Å². The number of benzene rings is 1. The Labute approximate surface area is 132 Å². The first-order valence-corrected chi connectivity index (χ1v) is 7.66. The maximum atomic E-state index is 4.27. The summed E-state index contributed by atoms with van der Waals surface area (Å²) in [5, 5.41) is 11.0. The van der Waals surface area contributed by atoms with Crippen molar-refractivity contribution in [2.75, 3.05) is 0 Å². The Bertz CT molecular complexity index is 756. The van der Waals surface area contributed by atoms with Gasteiger partial charge in [0.25, 0.3) is 0 Å². The zero-order valence-electron chi connectivity index (χ0n) is 12.0. The quantitative estimate of drug-likeness (QED) is 0.594. The monoisotopic (exact) mass is 377 g/mol. The van der Waals surface area contributed by atoms with Crippen molar-refractivity contribution in [3.05, 3.63) is 50.6 Å². The molecule has 102 valence electrons. The molecule has 0 fully saturated rings. The van der Waals surface area contributed by atoms with Crippen molar-refractivity contribution in [2.45, 2.75) is 27.7 Å². The summed E-state index contributed by atoms with van der Waals surface area (Å²) < 4.78 is 3.54. The van der Waals surface area contributed by atoms with Crippen LogP contribution in [-0.4, -0.2) is 14.8 Å². The average Bonchev–Trinajstić information content (AvgIpc) is 2.69. The Morgan fingerprint density at radius 1 is 0.800 bits per heavy atom. The lowest BCUT2D eigenvalue weighted by atomic mass is 10.1. The highest BCUT2D eigenvalue weighted by molar-refractivity contribution is 14.1. The minimum absolute atomic E-state index is 0.996. The Balaban J connectivity index is 2.40. The first kappa shape index (κ1) is 13.5. The minimum atomic E-state index is 0.996. The highest BCUT2D eigenvalue weighted by Gasteiger charge is 2.17. The maximum Gasteiger partial charge on any atom is 0.0696 e. The topological polar surface area (TPSA) is 30.7 Å². The molecule has 3 aromatic rings. The molecule has 4 heteroatoms. The molecule has 0 amide bonds. The molecule has 0 saturated carbocycles. The Hall–Kier alpha value is -1.43. The summed E-state index contributed by atoms with van der Waals surface area (Å²) in [5.74, 6) is 0. The van der Waals surface area contributed by atoms with Crippen molar-refractivity contribution < 1.29 is 0 Å². The molecule has 0 saturated heterocycles. The summed E-state index contributed by atoms with van der Waals surface area (Å²) in [6.45, 7) is 8.36. The first-order valence-electron chi connectivity index (χ1n) is 6.58. The van der Waals surface area contributed by atoms with E-state index in [9.17, 15) is 0 Å². The third-order valence-corrected chi connectivity index (χ3v) is 4.52. The minimum Gasteiger partial charge on any atom is -0.317 e. The van der Waals surface area contributed by atoms with Crippen molar-refractivity contribution in [1.82, 2.24) is 14.8 Å². The number of hydrogen-bond acceptors (Lipinski definition) is 2. The van der Waals surface area contributed by atoms with Gasteiger partial charge in [-0.2, -0.15) is 10.2 Å². The van der Waals surface area contributed by atoms with Crippen LogP contribution in [0, 0.1) is 31.3 Å². The SMILES string of the molecule is Cc1nnc(C)c2c(C)n(-c3ccc(I)cc3)c(C)c12. The van der Waals surface area contributed by atoms with Gasteiger partial charge in [-0.3, -0.25) is 0 Å². The Morgan fingerprint density at radius 2 is 1.25 bits per heavy atom. The van der Waals surface area contributed by atoms with Crippen molar-refractivity contribution in [2.24, 2.45) is 0 Å². The van der Waals surface area contributed by atoms with E-state index in [0.717, 1.165) is 11.4 Å². The molecule has 2 aromatic heterocycles. The molecular weight excluding hydrogens is 361 g/mol. The van der Waals surface area contributed by atoms with E-state index in [1.807, 2.05) is 13.8 Å². The summed E-state index contributed by atoms with van der Waals surface area (Å²) in [5.41, 5.74) is 5.64. The fourth-order valence-electron chi connectivity index (χ4n) is 2.95. The van der Waals surface area contributed by atoms with Crippen LogP contribution in [0.4, 0.5) is 0 Å². The lowest BCUT2D eigenvalue weighted by molar-refractivity contribution is 0.964. The van der Waals surface area contributed by atoms with E-state index in [1.165, 1.54) is 31.4 Å². The molecule has 0 radical (unpaired) electrons. The largest absolute Gasteiger partial charge is 0.317 e. The van der Waals surface area contributed by atoms with Crippen LogP contribution in [0.2, 0.25) is 0 Å². The van der Waals surface area contributed by atoms with Crippen molar-refractivity contribution in [1.29, 1.82) is 0 Å². The molecule has 0 aliphatic carbocycles. The zero-order chi connectivity index (χ0) is 14.4. The number of hydrogen-bond donors (Lipinski definition) is 0. The Kier molecular flexibility index (Phi) is 3.28. The number of aryl methyl sites for hydroxylation is 4. The van der Waals surface area contributed by atoms with Gasteiger partial charge in [0, 0.05) is 31.4 Å². The van der Waals surface area contributed by atoms with Crippen LogP contribution in [0.5, 0.6) is 0 Å². The lowest BCUT2D eigenvalue weighted by Gasteiger charge is -2.09. The summed E-state index contributed by atoms with van der Waals surface area (Å²) in [7, 11) is 0. The summed E-state index contributed by atoms with van der Waals surface area (Å²) in [4.78, 5) is 0. The Morgan fingerprint density at radius 3 is 1.70 bits per heavy atom. The summed E-state index contributed by atoms with van der Waals surface area (Å²) in [6, 6.07) is 8.59. The zero-order valence-corrected chi connectivity index (χ0v) is 14.2. The molecule has 20 heavy (non-hydrogen) atoms. The van der Waals surface area contributed by atoms with Gasteiger partial charge in [0.05, 0.1) is 11.4 Å². The van der Waals surface area contributed by atoms with E-state index in [0.29, 0.717) is 0 Å². The number of halogens is 1. The second kappa shape index (κ2) is 4.84. The normalized spacial score (nSPS) is 11.2. The smallest absolute Gasteiger partial charge is 0.0696 e. The molecule has 0 spiro atoms. The predicted octanol–water partition coefficient (Wildman–Crippen LogP) is 4.26. The van der Waals surface area contributed by atoms with Crippen LogP contribution < -0.4 is 0 Å². The second-order valence-electron chi connectivity index (χ2n) is 5.10. The van der Waals surface area contributed by atoms with Gasteiger partial charge in [0.15, 0.2) is 0 Å². The fourth-order valence-corrected chi connectivity index (χ4v) is 3.31. The van der Waals surface area contributed by atoms with E-state index >= 15 is 0 Å². The van der Waals surface area contributed by atoms with Gasteiger partial charge in [-0.25, -0.2) is 0 Å². The van der Waals surface area contributed by atoms with E-state index in [4.69, 9.17) is 0 Å². The van der Waals surface area contributed by atoms with Crippen LogP contribution in [0.25, 0.3) is 16.5 Å². The van der Waals surface area contributed by atoms with Crippen molar-refractivity contribution in [3.8, 4) is 5.69 Å². The highest BCUT2D eigenvalue weighted by Crippen LogP contribution is 2.31. The van der Waals surface area contributed by atoms with Gasteiger partial charge >= 0.3 is 0 Å². The second-order valence-corrected chi connectivity index (χ2v) is 6.35.